The molecule has 5 rings (SSSR count). The van der Waals surface area contributed by atoms with Crippen LogP contribution in [0.1, 0.15) is 44.6 Å². The highest BCUT2D eigenvalue weighted by Crippen LogP contribution is 2.30. The Hall–Kier alpha value is -3.66. The zero-order valence-electron chi connectivity index (χ0n) is 16.6. The molecule has 0 saturated carbocycles. The van der Waals surface area contributed by atoms with E-state index in [1.165, 1.54) is 11.3 Å². The third kappa shape index (κ3) is 3.66. The van der Waals surface area contributed by atoms with Gasteiger partial charge in [-0.05, 0) is 30.6 Å². The molecule has 3 aromatic heterocycles. The number of carbonyl (C=O) groups excluding carboxylic acids is 2. The van der Waals surface area contributed by atoms with Gasteiger partial charge in [0.2, 0.25) is 0 Å². The summed E-state index contributed by atoms with van der Waals surface area (Å²) in [6.45, 7) is 2.75. The molecular formula is C21H18N6O3S. The van der Waals surface area contributed by atoms with E-state index in [0.29, 0.717) is 29.5 Å². The Morgan fingerprint density at radius 3 is 2.90 bits per heavy atom. The zero-order valence-corrected chi connectivity index (χ0v) is 17.4. The first kappa shape index (κ1) is 19.3. The van der Waals surface area contributed by atoms with E-state index in [1.807, 2.05) is 35.7 Å². The molecule has 4 aromatic rings. The maximum Gasteiger partial charge on any atom is 0.278 e. The number of nitrogens with one attached hydrogen (secondary N) is 1. The number of carbonyl (C=O) groups is 2. The van der Waals surface area contributed by atoms with E-state index in [4.69, 9.17) is 4.98 Å². The molecule has 31 heavy (non-hydrogen) atoms. The van der Waals surface area contributed by atoms with Gasteiger partial charge in [0.25, 0.3) is 11.8 Å². The molecule has 1 saturated heterocycles. The van der Waals surface area contributed by atoms with Crippen molar-refractivity contribution < 1.29 is 14.2 Å². The molecule has 1 N–H and O–H groups in total. The Balaban J connectivity index is 1.44. The number of pyridine rings is 1. The lowest BCUT2D eigenvalue weighted by Gasteiger charge is -2.16. The van der Waals surface area contributed by atoms with Crippen LogP contribution in [0.3, 0.4) is 0 Å². The van der Waals surface area contributed by atoms with Crippen molar-refractivity contribution in [3.05, 3.63) is 64.6 Å². The molecule has 156 valence electrons. The van der Waals surface area contributed by atoms with Crippen molar-refractivity contribution >= 4 is 39.2 Å². The molecule has 0 spiro atoms. The number of hydrogen-bond donors (Lipinski definition) is 1. The summed E-state index contributed by atoms with van der Waals surface area (Å²) in [6.07, 6.45) is 2.39. The molecular weight excluding hydrogens is 416 g/mol. The predicted molar refractivity (Wildman–Crippen MR) is 114 cm³/mol. The number of rotatable bonds is 4. The van der Waals surface area contributed by atoms with Gasteiger partial charge in [-0.15, -0.1) is 11.3 Å². The molecule has 4 heterocycles. The molecule has 1 fully saturated rings. The van der Waals surface area contributed by atoms with E-state index in [0.717, 1.165) is 23.0 Å². The van der Waals surface area contributed by atoms with Crippen molar-refractivity contribution in [2.24, 2.45) is 0 Å². The third-order valence-corrected chi connectivity index (χ3v) is 6.07. The summed E-state index contributed by atoms with van der Waals surface area (Å²) in [5, 5.41) is 13.4. The molecule has 1 aliphatic rings. The average molecular weight is 434 g/mol. The lowest BCUT2D eigenvalue weighted by Crippen LogP contribution is -2.29. The normalized spacial score (nSPS) is 16.0. The van der Waals surface area contributed by atoms with E-state index in [1.54, 1.807) is 18.0 Å². The van der Waals surface area contributed by atoms with Gasteiger partial charge in [0.05, 0.1) is 11.1 Å². The van der Waals surface area contributed by atoms with E-state index < -0.39 is 0 Å². The first-order valence-electron chi connectivity index (χ1n) is 9.79. The number of likely N-dealkylation sites (tertiary alicyclic amines) is 1. The average Bonchev–Trinajstić information content (AvgIpc) is 3.54. The van der Waals surface area contributed by atoms with E-state index >= 15 is 0 Å². The van der Waals surface area contributed by atoms with Gasteiger partial charge in [-0.3, -0.25) is 19.9 Å². The molecule has 0 unspecified atom stereocenters. The van der Waals surface area contributed by atoms with Gasteiger partial charge in [0.15, 0.2) is 10.8 Å². The second-order valence-electron chi connectivity index (χ2n) is 7.34. The molecule has 1 aromatic carbocycles. The van der Waals surface area contributed by atoms with Crippen molar-refractivity contribution in [2.45, 2.75) is 19.3 Å². The van der Waals surface area contributed by atoms with Crippen LogP contribution in [0, 0.1) is 6.92 Å². The SMILES string of the molecule is Cc1nonc1C(=O)N1CC[C@@H](c2cc(C(=O)Nc3nccs3)c3ccccc3n2)C1. The highest BCUT2D eigenvalue weighted by molar-refractivity contribution is 7.13. The molecule has 9 nitrogen and oxygen atoms in total. The lowest BCUT2D eigenvalue weighted by molar-refractivity contribution is 0.0778. The van der Waals surface area contributed by atoms with Gasteiger partial charge in [-0.1, -0.05) is 23.4 Å². The number of fused-ring (bicyclic) bond motifs is 1. The number of aryl methyl sites for hydroxylation is 1. The van der Waals surface area contributed by atoms with Crippen LogP contribution in [0.2, 0.25) is 0 Å². The fraction of sp³-hybridized carbons (Fsp3) is 0.238. The Kier molecular flexibility index (Phi) is 4.91. The van der Waals surface area contributed by atoms with Crippen molar-refractivity contribution in [3.8, 4) is 0 Å². The first-order valence-corrected chi connectivity index (χ1v) is 10.7. The largest absolute Gasteiger partial charge is 0.336 e. The molecule has 1 aliphatic heterocycles. The number of thiazole rings is 1. The van der Waals surface area contributed by atoms with Crippen molar-refractivity contribution in [1.29, 1.82) is 0 Å². The van der Waals surface area contributed by atoms with Crippen LogP contribution in [0.5, 0.6) is 0 Å². The summed E-state index contributed by atoms with van der Waals surface area (Å²) in [4.78, 5) is 36.4. The fourth-order valence-electron chi connectivity index (χ4n) is 3.80. The van der Waals surface area contributed by atoms with Crippen molar-refractivity contribution in [3.63, 3.8) is 0 Å². The van der Waals surface area contributed by atoms with Crippen LogP contribution in [0.25, 0.3) is 10.9 Å². The summed E-state index contributed by atoms with van der Waals surface area (Å²) < 4.78 is 4.66. The van der Waals surface area contributed by atoms with Crippen molar-refractivity contribution in [1.82, 2.24) is 25.2 Å². The number of amides is 2. The summed E-state index contributed by atoms with van der Waals surface area (Å²) in [7, 11) is 0. The van der Waals surface area contributed by atoms with Gasteiger partial charge in [0.1, 0.15) is 5.69 Å². The number of aromatic nitrogens is 4. The van der Waals surface area contributed by atoms with Crippen LogP contribution in [0.4, 0.5) is 5.13 Å². The molecule has 1 atom stereocenters. The van der Waals surface area contributed by atoms with Crippen LogP contribution < -0.4 is 5.32 Å². The fourth-order valence-corrected chi connectivity index (χ4v) is 4.33. The number of benzene rings is 1. The number of para-hydroxylation sites is 1. The van der Waals surface area contributed by atoms with Gasteiger partial charge < -0.3 is 4.90 Å². The molecule has 0 bridgehead atoms. The van der Waals surface area contributed by atoms with Gasteiger partial charge in [0, 0.05) is 41.7 Å². The Labute approximate surface area is 181 Å². The number of hydrogen-bond acceptors (Lipinski definition) is 8. The standard InChI is InChI=1S/C21H18N6O3S/c1-12-18(26-30-25-12)20(29)27-8-6-13(11-27)17-10-15(14-4-2-3-5-16(14)23-17)19(28)24-21-22-7-9-31-21/h2-5,7,9-10,13H,6,8,11H2,1H3,(H,22,24,28)/t13-/m1/s1. The first-order chi connectivity index (χ1) is 15.1. The maximum absolute atomic E-state index is 13.0. The monoisotopic (exact) mass is 434 g/mol. The second-order valence-corrected chi connectivity index (χ2v) is 8.23. The summed E-state index contributed by atoms with van der Waals surface area (Å²) in [5.41, 5.74) is 2.77. The second kappa shape index (κ2) is 7.88. The van der Waals surface area contributed by atoms with Crippen LogP contribution in [0.15, 0.2) is 46.5 Å². The Bertz CT molecular complexity index is 1270. The summed E-state index contributed by atoms with van der Waals surface area (Å²) in [5.74, 6) is -0.422. The van der Waals surface area contributed by atoms with Gasteiger partial charge in [-0.2, -0.15) is 0 Å². The van der Waals surface area contributed by atoms with Crippen LogP contribution in [-0.2, 0) is 0 Å². The summed E-state index contributed by atoms with van der Waals surface area (Å²) in [6, 6.07) is 9.38. The quantitative estimate of drug-likeness (QED) is 0.524. The highest BCUT2D eigenvalue weighted by atomic mass is 32.1. The molecule has 10 heteroatoms. The topological polar surface area (TPSA) is 114 Å². The summed E-state index contributed by atoms with van der Waals surface area (Å²) >= 11 is 1.36. The van der Waals surface area contributed by atoms with E-state index in [2.05, 4.69) is 25.2 Å². The molecule has 0 aliphatic carbocycles. The van der Waals surface area contributed by atoms with Gasteiger partial charge >= 0.3 is 0 Å². The highest BCUT2D eigenvalue weighted by Gasteiger charge is 2.32. The van der Waals surface area contributed by atoms with Gasteiger partial charge in [-0.25, -0.2) is 9.61 Å². The Morgan fingerprint density at radius 2 is 2.13 bits per heavy atom. The third-order valence-electron chi connectivity index (χ3n) is 5.38. The predicted octanol–water partition coefficient (Wildman–Crippen LogP) is 3.26. The van der Waals surface area contributed by atoms with Crippen LogP contribution in [-0.4, -0.2) is 50.1 Å². The lowest BCUT2D eigenvalue weighted by atomic mass is 9.99. The number of nitrogens with zero attached hydrogens (tertiary/aromatic N) is 5. The van der Waals surface area contributed by atoms with E-state index in [9.17, 15) is 9.59 Å². The maximum atomic E-state index is 13.0. The molecule has 0 radical (unpaired) electrons. The van der Waals surface area contributed by atoms with Crippen LogP contribution >= 0.6 is 11.3 Å². The minimum absolute atomic E-state index is 0.0140. The minimum Gasteiger partial charge on any atom is -0.336 e. The van der Waals surface area contributed by atoms with E-state index in [-0.39, 0.29) is 23.4 Å². The number of anilines is 1. The zero-order chi connectivity index (χ0) is 21.4. The van der Waals surface area contributed by atoms with Crippen molar-refractivity contribution in [2.75, 3.05) is 18.4 Å². The Morgan fingerprint density at radius 1 is 1.26 bits per heavy atom. The molecule has 2 amide bonds. The smallest absolute Gasteiger partial charge is 0.278 e. The minimum atomic E-state index is -0.231.